The number of nitrogens with zero attached hydrogens (tertiary/aromatic N) is 2. The number of benzene rings is 2. The van der Waals surface area contributed by atoms with Crippen LogP contribution in [0.5, 0.6) is 0 Å². The van der Waals surface area contributed by atoms with Crippen molar-refractivity contribution in [2.75, 3.05) is 38.1 Å². The van der Waals surface area contributed by atoms with E-state index in [0.29, 0.717) is 39.7 Å². The Labute approximate surface area is 187 Å². The van der Waals surface area contributed by atoms with E-state index in [1.807, 2.05) is 6.92 Å². The second-order valence-corrected chi connectivity index (χ2v) is 9.18. The molecule has 166 valence electrons. The first-order valence-electron chi connectivity index (χ1n) is 10.9. The normalized spacial score (nSPS) is 15.4. The van der Waals surface area contributed by atoms with Crippen LogP contribution in [0, 0.1) is 0 Å². The van der Waals surface area contributed by atoms with Gasteiger partial charge >= 0.3 is 0 Å². The number of anilines is 1. The molecule has 0 spiro atoms. The molecule has 1 aliphatic rings. The molecule has 1 atom stereocenters. The first-order valence-corrected chi connectivity index (χ1v) is 12.1. The Morgan fingerprint density at radius 1 is 1.06 bits per heavy atom. The molecule has 0 radical (unpaired) electrons. The third-order valence-corrected chi connectivity index (χ3v) is 6.99. The van der Waals surface area contributed by atoms with Gasteiger partial charge in [0.05, 0.1) is 31.8 Å². The maximum Gasteiger partial charge on any atom is 0.259 e. The number of fused-ring (bicyclic) bond motifs is 2. The topological polar surface area (TPSA) is 69.7 Å². The van der Waals surface area contributed by atoms with Crippen molar-refractivity contribution in [3.05, 3.63) is 53.6 Å². The third-order valence-electron chi connectivity index (χ3n) is 5.49. The molecular weight excluding hydrogens is 410 g/mol. The molecule has 1 heterocycles. The third kappa shape index (κ3) is 5.22. The van der Waals surface area contributed by atoms with Crippen molar-refractivity contribution < 1.29 is 13.8 Å². The van der Waals surface area contributed by atoms with Gasteiger partial charge in [-0.1, -0.05) is 25.5 Å². The van der Waals surface area contributed by atoms with Crippen LogP contribution in [0.3, 0.4) is 0 Å². The summed E-state index contributed by atoms with van der Waals surface area (Å²) in [6.45, 7) is 7.05. The van der Waals surface area contributed by atoms with Crippen LogP contribution < -0.4 is 10.2 Å². The van der Waals surface area contributed by atoms with Crippen molar-refractivity contribution in [1.82, 2.24) is 10.2 Å². The van der Waals surface area contributed by atoms with Crippen LogP contribution in [0.1, 0.15) is 53.8 Å². The molecule has 0 saturated carbocycles. The highest BCUT2D eigenvalue weighted by Crippen LogP contribution is 2.34. The van der Waals surface area contributed by atoms with Gasteiger partial charge in [-0.2, -0.15) is 0 Å². The Morgan fingerprint density at radius 2 is 1.81 bits per heavy atom. The highest BCUT2D eigenvalue weighted by molar-refractivity contribution is 7.85. The van der Waals surface area contributed by atoms with Crippen LogP contribution in [0.25, 0.3) is 0 Å². The highest BCUT2D eigenvalue weighted by atomic mass is 32.2. The zero-order chi connectivity index (χ0) is 22.4. The standard InChI is InChI=1S/C24H31N3O3S/c1-4-6-15-26(3)16-9-14-25-23(28)18-12-13-22-20(17-18)27(5-2)24(29)19-10-7-8-11-21(19)31(22)30/h7-8,10-13,17H,4-6,9,14-16H2,1-3H3,(H,25,28)/t31-/m1/s1. The van der Waals surface area contributed by atoms with E-state index in [2.05, 4.69) is 24.2 Å². The lowest BCUT2D eigenvalue weighted by atomic mass is 10.1. The van der Waals surface area contributed by atoms with Crippen molar-refractivity contribution in [2.45, 2.75) is 42.9 Å². The van der Waals surface area contributed by atoms with Gasteiger partial charge in [-0.3, -0.25) is 9.59 Å². The van der Waals surface area contributed by atoms with Gasteiger partial charge in [0, 0.05) is 18.7 Å². The number of unbranched alkanes of at least 4 members (excludes halogenated alkanes) is 1. The fraction of sp³-hybridized carbons (Fsp3) is 0.417. The Morgan fingerprint density at radius 3 is 2.55 bits per heavy atom. The minimum atomic E-state index is -1.49. The molecule has 6 nitrogen and oxygen atoms in total. The SMILES string of the molecule is CCCCN(C)CCCNC(=O)c1ccc2c(c1)N(CC)C(=O)c1ccccc1[S@]2=O. The van der Waals surface area contributed by atoms with Gasteiger partial charge in [-0.15, -0.1) is 0 Å². The van der Waals surface area contributed by atoms with Crippen LogP contribution in [-0.4, -0.2) is 54.1 Å². The predicted molar refractivity (Wildman–Crippen MR) is 124 cm³/mol. The maximum absolute atomic E-state index is 13.2. The van der Waals surface area contributed by atoms with Crippen molar-refractivity contribution in [2.24, 2.45) is 0 Å². The summed E-state index contributed by atoms with van der Waals surface area (Å²) in [5.74, 6) is -0.382. The second kappa shape index (κ2) is 10.7. The lowest BCUT2D eigenvalue weighted by Gasteiger charge is -2.21. The summed E-state index contributed by atoms with van der Waals surface area (Å²) in [5, 5.41) is 2.96. The van der Waals surface area contributed by atoms with Crippen LogP contribution in [-0.2, 0) is 10.8 Å². The number of nitrogens with one attached hydrogen (secondary N) is 1. The van der Waals surface area contributed by atoms with Crippen LogP contribution in [0.4, 0.5) is 5.69 Å². The second-order valence-electron chi connectivity index (χ2n) is 7.76. The van der Waals surface area contributed by atoms with Crippen LogP contribution in [0.15, 0.2) is 52.3 Å². The van der Waals surface area contributed by atoms with Crippen molar-refractivity contribution in [1.29, 1.82) is 0 Å². The molecule has 0 aliphatic carbocycles. The summed E-state index contributed by atoms with van der Waals surface area (Å²) < 4.78 is 13.2. The number of carbonyl (C=O) groups excluding carboxylic acids is 2. The monoisotopic (exact) mass is 441 g/mol. The summed E-state index contributed by atoms with van der Waals surface area (Å²) in [5.41, 5.74) is 1.44. The fourth-order valence-corrected chi connectivity index (χ4v) is 5.06. The van der Waals surface area contributed by atoms with Crippen LogP contribution >= 0.6 is 0 Å². The Bertz CT molecular complexity index is 976. The molecule has 2 amide bonds. The Kier molecular flexibility index (Phi) is 7.98. The van der Waals surface area contributed by atoms with E-state index in [-0.39, 0.29) is 11.8 Å². The van der Waals surface area contributed by atoms with Gasteiger partial charge in [0.1, 0.15) is 0 Å². The van der Waals surface area contributed by atoms with Gasteiger partial charge < -0.3 is 15.1 Å². The number of amides is 2. The van der Waals surface area contributed by atoms with Gasteiger partial charge in [-0.05, 0) is 70.2 Å². The van der Waals surface area contributed by atoms with Gasteiger partial charge in [-0.25, -0.2) is 4.21 Å². The quantitative estimate of drug-likeness (QED) is 0.603. The molecule has 7 heteroatoms. The lowest BCUT2D eigenvalue weighted by molar-refractivity contribution is 0.0948. The number of hydrogen-bond donors (Lipinski definition) is 1. The molecule has 0 bridgehead atoms. The number of hydrogen-bond acceptors (Lipinski definition) is 4. The van der Waals surface area contributed by atoms with E-state index >= 15 is 0 Å². The minimum Gasteiger partial charge on any atom is -0.352 e. The molecule has 2 aromatic carbocycles. The molecule has 1 aliphatic heterocycles. The fourth-order valence-electron chi connectivity index (χ4n) is 3.71. The molecule has 0 saturated heterocycles. The first kappa shape index (κ1) is 23.2. The van der Waals surface area contributed by atoms with E-state index in [0.717, 1.165) is 19.5 Å². The van der Waals surface area contributed by atoms with E-state index in [1.54, 1.807) is 47.4 Å². The van der Waals surface area contributed by atoms with Gasteiger partial charge in [0.2, 0.25) is 0 Å². The maximum atomic E-state index is 13.2. The van der Waals surface area contributed by atoms with E-state index in [1.165, 1.54) is 12.8 Å². The molecule has 3 rings (SSSR count). The molecule has 0 aromatic heterocycles. The van der Waals surface area contributed by atoms with E-state index in [9.17, 15) is 13.8 Å². The molecule has 1 N–H and O–H groups in total. The highest BCUT2D eigenvalue weighted by Gasteiger charge is 2.30. The average Bonchev–Trinajstić information content (AvgIpc) is 2.88. The molecule has 2 aromatic rings. The van der Waals surface area contributed by atoms with Gasteiger partial charge in [0.25, 0.3) is 11.8 Å². The minimum absolute atomic E-state index is 0.185. The van der Waals surface area contributed by atoms with Crippen LogP contribution in [0.2, 0.25) is 0 Å². The summed E-state index contributed by atoms with van der Waals surface area (Å²) >= 11 is 0. The van der Waals surface area contributed by atoms with Crippen molar-refractivity contribution in [3.8, 4) is 0 Å². The molecule has 0 fully saturated rings. The molecule has 0 unspecified atom stereocenters. The largest absolute Gasteiger partial charge is 0.352 e. The zero-order valence-electron chi connectivity index (χ0n) is 18.5. The zero-order valence-corrected chi connectivity index (χ0v) is 19.3. The summed E-state index contributed by atoms with van der Waals surface area (Å²) in [6.07, 6.45) is 3.22. The van der Waals surface area contributed by atoms with Crippen molar-refractivity contribution >= 4 is 28.3 Å². The van der Waals surface area contributed by atoms with E-state index < -0.39 is 10.8 Å². The summed E-state index contributed by atoms with van der Waals surface area (Å²) in [7, 11) is 0.609. The smallest absolute Gasteiger partial charge is 0.259 e. The first-order chi connectivity index (χ1) is 15.0. The van der Waals surface area contributed by atoms with Crippen molar-refractivity contribution in [3.63, 3.8) is 0 Å². The lowest BCUT2D eigenvalue weighted by Crippen LogP contribution is -2.31. The Balaban J connectivity index is 1.75. The average molecular weight is 442 g/mol. The Hall–Kier alpha value is -2.51. The number of rotatable bonds is 9. The molecular formula is C24H31N3O3S. The summed E-state index contributed by atoms with van der Waals surface area (Å²) in [4.78, 5) is 30.7. The summed E-state index contributed by atoms with van der Waals surface area (Å²) in [6, 6.07) is 12.1. The van der Waals surface area contributed by atoms with Gasteiger partial charge in [0.15, 0.2) is 0 Å². The molecule has 31 heavy (non-hydrogen) atoms. The predicted octanol–water partition coefficient (Wildman–Crippen LogP) is 3.69. The van der Waals surface area contributed by atoms with E-state index in [4.69, 9.17) is 0 Å². The number of carbonyl (C=O) groups is 2.